The molecule has 0 N–H and O–H groups in total. The van der Waals surface area contributed by atoms with Gasteiger partial charge in [0.1, 0.15) is 6.61 Å². The van der Waals surface area contributed by atoms with Crippen molar-refractivity contribution >= 4 is 31.9 Å². The van der Waals surface area contributed by atoms with Crippen molar-refractivity contribution in [1.82, 2.24) is 14.1 Å². The number of amides is 1. The Labute approximate surface area is 213 Å². The molecule has 3 aliphatic rings. The summed E-state index contributed by atoms with van der Waals surface area (Å²) in [6.07, 6.45) is 8.62. The van der Waals surface area contributed by atoms with Crippen molar-refractivity contribution < 1.29 is 17.9 Å². The molecule has 1 atom stereocenters. The highest BCUT2D eigenvalue weighted by Crippen LogP contribution is 2.27. The van der Waals surface area contributed by atoms with Crippen molar-refractivity contribution in [3.63, 3.8) is 0 Å². The Balaban J connectivity index is 1.21. The number of sulfonamides is 1. The molecule has 3 aliphatic heterocycles. The van der Waals surface area contributed by atoms with Gasteiger partial charge in [0.25, 0.3) is 0 Å². The van der Waals surface area contributed by atoms with Gasteiger partial charge in [0, 0.05) is 30.1 Å². The summed E-state index contributed by atoms with van der Waals surface area (Å²) in [6, 6.07) is 6.52. The van der Waals surface area contributed by atoms with Gasteiger partial charge in [-0.3, -0.25) is 4.79 Å². The predicted octanol–water partition coefficient (Wildman–Crippen LogP) is 3.73. The number of halogens is 1. The van der Waals surface area contributed by atoms with Gasteiger partial charge >= 0.3 is 0 Å². The zero-order valence-electron chi connectivity index (χ0n) is 20.0. The number of carbonyl (C=O) groups excluding carboxylic acids is 1. The molecule has 0 saturated carbocycles. The van der Waals surface area contributed by atoms with Crippen LogP contribution in [0.3, 0.4) is 0 Å². The molecule has 1 unspecified atom stereocenters. The standard InChI is InChI=1S/C25H38BrN3O4S/c26-22-6-8-24(9-7-22)34(31,32)29-15-2-1-5-23(29)19-33-20-25(30)28-17-11-21(12-18-28)10-16-27-13-3-4-14-27/h6-9,21,23H,1-5,10-20H2. The fourth-order valence-electron chi connectivity index (χ4n) is 5.42. The van der Waals surface area contributed by atoms with Gasteiger partial charge in [-0.1, -0.05) is 22.4 Å². The molecular weight excluding hydrogens is 518 g/mol. The van der Waals surface area contributed by atoms with Gasteiger partial charge < -0.3 is 14.5 Å². The lowest BCUT2D eigenvalue weighted by molar-refractivity contribution is -0.138. The van der Waals surface area contributed by atoms with E-state index in [1.165, 1.54) is 38.9 Å². The summed E-state index contributed by atoms with van der Waals surface area (Å²) in [5.74, 6) is 0.737. The number of rotatable bonds is 9. The summed E-state index contributed by atoms with van der Waals surface area (Å²) >= 11 is 3.36. The Kier molecular flexibility index (Phi) is 9.43. The highest BCUT2D eigenvalue weighted by molar-refractivity contribution is 9.10. The second-order valence-corrected chi connectivity index (χ2v) is 12.7. The topological polar surface area (TPSA) is 70.2 Å². The number of nitrogens with zero attached hydrogens (tertiary/aromatic N) is 3. The third kappa shape index (κ3) is 6.81. The van der Waals surface area contributed by atoms with E-state index in [4.69, 9.17) is 4.74 Å². The Morgan fingerprint density at radius 3 is 2.32 bits per heavy atom. The fraction of sp³-hybridized carbons (Fsp3) is 0.720. The first-order chi connectivity index (χ1) is 16.4. The van der Waals surface area contributed by atoms with Crippen molar-refractivity contribution in [1.29, 1.82) is 0 Å². The molecular formula is C25H38BrN3O4S. The molecule has 34 heavy (non-hydrogen) atoms. The molecule has 1 aromatic rings. The van der Waals surface area contributed by atoms with Crippen LogP contribution >= 0.6 is 15.9 Å². The van der Waals surface area contributed by atoms with E-state index in [-0.39, 0.29) is 25.2 Å². The monoisotopic (exact) mass is 555 g/mol. The van der Waals surface area contributed by atoms with Crippen LogP contribution in [-0.4, -0.2) is 87.0 Å². The third-order valence-electron chi connectivity index (χ3n) is 7.55. The average molecular weight is 557 g/mol. The minimum absolute atomic E-state index is 0.0242. The van der Waals surface area contributed by atoms with Crippen LogP contribution in [0.1, 0.15) is 51.4 Å². The molecule has 0 aromatic heterocycles. The summed E-state index contributed by atoms with van der Waals surface area (Å²) in [7, 11) is -3.58. The van der Waals surface area contributed by atoms with E-state index in [9.17, 15) is 13.2 Å². The Morgan fingerprint density at radius 1 is 0.941 bits per heavy atom. The first kappa shape index (κ1) is 26.1. The van der Waals surface area contributed by atoms with E-state index in [2.05, 4.69) is 20.8 Å². The lowest BCUT2D eigenvalue weighted by atomic mass is 9.93. The number of carbonyl (C=O) groups is 1. The van der Waals surface area contributed by atoms with Gasteiger partial charge in [0.2, 0.25) is 15.9 Å². The third-order valence-corrected chi connectivity index (χ3v) is 10.0. The number of hydrogen-bond donors (Lipinski definition) is 0. The summed E-state index contributed by atoms with van der Waals surface area (Å²) in [6.45, 7) is 6.08. The Hall–Kier alpha value is -1.00. The molecule has 3 saturated heterocycles. The lowest BCUT2D eigenvalue weighted by Crippen LogP contribution is -2.46. The quantitative estimate of drug-likeness (QED) is 0.464. The molecule has 1 amide bonds. The van der Waals surface area contributed by atoms with Crippen LogP contribution in [0.4, 0.5) is 0 Å². The van der Waals surface area contributed by atoms with E-state index < -0.39 is 10.0 Å². The molecule has 3 fully saturated rings. The van der Waals surface area contributed by atoms with E-state index in [1.807, 2.05) is 4.90 Å². The maximum Gasteiger partial charge on any atom is 0.248 e. The Bertz CT molecular complexity index is 897. The van der Waals surface area contributed by atoms with Crippen molar-refractivity contribution in [2.75, 3.05) is 52.5 Å². The maximum absolute atomic E-state index is 13.2. The van der Waals surface area contributed by atoms with Crippen LogP contribution in [-0.2, 0) is 19.6 Å². The summed E-state index contributed by atoms with van der Waals surface area (Å²) < 4.78 is 34.6. The average Bonchev–Trinajstić information content (AvgIpc) is 3.37. The van der Waals surface area contributed by atoms with Gasteiger partial charge in [0.05, 0.1) is 11.5 Å². The molecule has 0 aliphatic carbocycles. The molecule has 0 spiro atoms. The van der Waals surface area contributed by atoms with Crippen LogP contribution in [0.5, 0.6) is 0 Å². The van der Waals surface area contributed by atoms with Crippen LogP contribution in [0.25, 0.3) is 0 Å². The molecule has 7 nitrogen and oxygen atoms in total. The fourth-order valence-corrected chi connectivity index (χ4v) is 7.36. The van der Waals surface area contributed by atoms with Crippen molar-refractivity contribution in [2.45, 2.75) is 62.3 Å². The number of ether oxygens (including phenoxy) is 1. The molecule has 9 heteroatoms. The molecule has 0 radical (unpaired) electrons. The largest absolute Gasteiger partial charge is 0.370 e. The molecule has 0 bridgehead atoms. The number of hydrogen-bond acceptors (Lipinski definition) is 5. The number of benzene rings is 1. The van der Waals surface area contributed by atoms with E-state index in [0.717, 1.165) is 49.7 Å². The van der Waals surface area contributed by atoms with Crippen molar-refractivity contribution in [2.24, 2.45) is 5.92 Å². The number of piperidine rings is 2. The van der Waals surface area contributed by atoms with Crippen LogP contribution < -0.4 is 0 Å². The summed E-state index contributed by atoms with van der Waals surface area (Å²) in [5, 5.41) is 0. The van der Waals surface area contributed by atoms with E-state index in [1.54, 1.807) is 28.6 Å². The SMILES string of the molecule is O=C(COCC1CCCCN1S(=O)(=O)c1ccc(Br)cc1)N1CCC(CCN2CCCC2)CC1. The normalized spacial score (nSPS) is 23.4. The minimum atomic E-state index is -3.58. The highest BCUT2D eigenvalue weighted by atomic mass is 79.9. The van der Waals surface area contributed by atoms with Crippen LogP contribution in [0.2, 0.25) is 0 Å². The maximum atomic E-state index is 13.2. The van der Waals surface area contributed by atoms with Crippen LogP contribution in [0.15, 0.2) is 33.6 Å². The minimum Gasteiger partial charge on any atom is -0.370 e. The van der Waals surface area contributed by atoms with Gasteiger partial charge in [-0.15, -0.1) is 0 Å². The van der Waals surface area contributed by atoms with E-state index >= 15 is 0 Å². The second kappa shape index (κ2) is 12.3. The van der Waals surface area contributed by atoms with Gasteiger partial charge in [-0.05, 0) is 94.8 Å². The zero-order chi connectivity index (χ0) is 24.0. The predicted molar refractivity (Wildman–Crippen MR) is 136 cm³/mol. The molecule has 190 valence electrons. The second-order valence-electron chi connectivity index (χ2n) is 9.90. The lowest BCUT2D eigenvalue weighted by Gasteiger charge is -2.35. The summed E-state index contributed by atoms with van der Waals surface area (Å²) in [5.41, 5.74) is 0. The zero-order valence-corrected chi connectivity index (χ0v) is 22.4. The Morgan fingerprint density at radius 2 is 1.62 bits per heavy atom. The van der Waals surface area contributed by atoms with Gasteiger partial charge in [-0.2, -0.15) is 4.31 Å². The van der Waals surface area contributed by atoms with Gasteiger partial charge in [0.15, 0.2) is 0 Å². The van der Waals surface area contributed by atoms with Crippen molar-refractivity contribution in [3.8, 4) is 0 Å². The number of likely N-dealkylation sites (tertiary alicyclic amines) is 2. The first-order valence-corrected chi connectivity index (χ1v) is 15.0. The van der Waals surface area contributed by atoms with Crippen molar-refractivity contribution in [3.05, 3.63) is 28.7 Å². The highest BCUT2D eigenvalue weighted by Gasteiger charge is 2.34. The molecule has 3 heterocycles. The smallest absolute Gasteiger partial charge is 0.248 e. The van der Waals surface area contributed by atoms with E-state index in [0.29, 0.717) is 17.4 Å². The van der Waals surface area contributed by atoms with Crippen LogP contribution in [0, 0.1) is 5.92 Å². The molecule has 1 aromatic carbocycles. The molecule has 4 rings (SSSR count). The first-order valence-electron chi connectivity index (χ1n) is 12.8. The summed E-state index contributed by atoms with van der Waals surface area (Å²) in [4.78, 5) is 17.5. The van der Waals surface area contributed by atoms with Gasteiger partial charge in [-0.25, -0.2) is 8.42 Å².